The molecule has 72 valence electrons. The second-order valence-corrected chi connectivity index (χ2v) is 3.48. The lowest BCUT2D eigenvalue weighted by molar-refractivity contribution is 0.275. The van der Waals surface area contributed by atoms with E-state index in [-0.39, 0.29) is 6.04 Å². The quantitative estimate of drug-likeness (QED) is 0.698. The highest BCUT2D eigenvalue weighted by Gasteiger charge is 2.31. The number of benzene rings is 1. The standard InChI is InChI=1S/C12H12FN/c1-2-7-14-12-10-6-4-3-5-9(10)8-11(12)13/h1,3-6,11-12,14H,7-8H2/t11-,12+/m1/s1/i13-1. The van der Waals surface area contributed by atoms with Crippen LogP contribution in [0, 0.1) is 12.3 Å². The maximum atomic E-state index is 13.6. The number of halogens is 1. The summed E-state index contributed by atoms with van der Waals surface area (Å²) in [6.45, 7) is 0.416. The van der Waals surface area contributed by atoms with Gasteiger partial charge in [0.1, 0.15) is 6.17 Å². The third kappa shape index (κ3) is 1.51. The van der Waals surface area contributed by atoms with E-state index in [1.54, 1.807) is 0 Å². The Morgan fingerprint density at radius 1 is 1.50 bits per heavy atom. The number of rotatable bonds is 2. The third-order valence-corrected chi connectivity index (χ3v) is 2.59. The van der Waals surface area contributed by atoms with Crippen LogP contribution in [-0.4, -0.2) is 12.7 Å². The molecule has 0 aliphatic heterocycles. The van der Waals surface area contributed by atoms with E-state index in [0.29, 0.717) is 13.0 Å². The van der Waals surface area contributed by atoms with E-state index in [1.807, 2.05) is 24.3 Å². The zero-order valence-electron chi connectivity index (χ0n) is 7.83. The van der Waals surface area contributed by atoms with E-state index in [1.165, 1.54) is 0 Å². The second kappa shape index (κ2) is 3.81. The van der Waals surface area contributed by atoms with Gasteiger partial charge in [-0.05, 0) is 11.1 Å². The number of hydrogen-bond donors (Lipinski definition) is 1. The normalized spacial score (nSPS) is 24.3. The fourth-order valence-corrected chi connectivity index (χ4v) is 1.95. The Morgan fingerprint density at radius 2 is 2.29 bits per heavy atom. The molecule has 1 aromatic rings. The van der Waals surface area contributed by atoms with Gasteiger partial charge in [0.15, 0.2) is 0 Å². The first-order valence-electron chi connectivity index (χ1n) is 4.71. The Balaban J connectivity index is 2.22. The fraction of sp³-hybridized carbons (Fsp3) is 0.333. The van der Waals surface area contributed by atoms with Crippen LogP contribution in [0.3, 0.4) is 0 Å². The number of alkyl halides is 1. The number of nitrogens with one attached hydrogen (secondary N) is 1. The average molecular weight is 188 g/mol. The van der Waals surface area contributed by atoms with Crippen molar-refractivity contribution in [2.45, 2.75) is 18.6 Å². The Morgan fingerprint density at radius 3 is 3.07 bits per heavy atom. The molecule has 0 saturated carbocycles. The molecule has 2 rings (SSSR count). The Hall–Kier alpha value is -1.33. The molecule has 0 amide bonds. The molecule has 1 nitrogen and oxygen atoms in total. The van der Waals surface area contributed by atoms with E-state index in [4.69, 9.17) is 6.42 Å². The van der Waals surface area contributed by atoms with E-state index in [2.05, 4.69) is 11.2 Å². The topological polar surface area (TPSA) is 12.0 Å². The summed E-state index contributed by atoms with van der Waals surface area (Å²) in [6.07, 6.45) is 4.79. The van der Waals surface area contributed by atoms with Crippen molar-refractivity contribution in [1.29, 1.82) is 0 Å². The average Bonchev–Trinajstić information content (AvgIpc) is 2.51. The maximum Gasteiger partial charge on any atom is 0.124 e. The van der Waals surface area contributed by atoms with Crippen molar-refractivity contribution >= 4 is 0 Å². The van der Waals surface area contributed by atoms with Gasteiger partial charge >= 0.3 is 0 Å². The first-order chi connectivity index (χ1) is 6.83. The summed E-state index contributed by atoms with van der Waals surface area (Å²) < 4.78 is 13.6. The van der Waals surface area contributed by atoms with Gasteiger partial charge in [-0.3, -0.25) is 5.32 Å². The largest absolute Gasteiger partial charge is 0.297 e. The second-order valence-electron chi connectivity index (χ2n) is 3.48. The highest BCUT2D eigenvalue weighted by atomic mass is 18.2. The lowest BCUT2D eigenvalue weighted by Crippen LogP contribution is -2.26. The van der Waals surface area contributed by atoms with Crippen LogP contribution in [0.2, 0.25) is 0 Å². The molecule has 0 saturated heterocycles. The van der Waals surface area contributed by atoms with Gasteiger partial charge in [0.25, 0.3) is 0 Å². The summed E-state index contributed by atoms with van der Waals surface area (Å²) >= 11 is 0. The van der Waals surface area contributed by atoms with Crippen molar-refractivity contribution in [3.05, 3.63) is 35.4 Å². The van der Waals surface area contributed by atoms with Crippen LogP contribution in [0.15, 0.2) is 24.3 Å². The van der Waals surface area contributed by atoms with Crippen LogP contribution in [0.1, 0.15) is 17.2 Å². The summed E-state index contributed by atoms with van der Waals surface area (Å²) in [6, 6.07) is 7.58. The van der Waals surface area contributed by atoms with Crippen molar-refractivity contribution in [2.75, 3.05) is 6.54 Å². The van der Waals surface area contributed by atoms with E-state index in [9.17, 15) is 4.39 Å². The molecule has 0 bridgehead atoms. The van der Waals surface area contributed by atoms with Crippen LogP contribution in [0.5, 0.6) is 0 Å². The lowest BCUT2D eigenvalue weighted by Gasteiger charge is -2.14. The fourth-order valence-electron chi connectivity index (χ4n) is 1.95. The maximum absolute atomic E-state index is 13.6. The SMILES string of the molecule is C#CCN[C@H]1c2ccccc2C[C@H]1[18F]. The van der Waals surface area contributed by atoms with Crippen molar-refractivity contribution in [3.8, 4) is 12.3 Å². The monoisotopic (exact) mass is 188 g/mol. The van der Waals surface area contributed by atoms with Crippen molar-refractivity contribution in [3.63, 3.8) is 0 Å². The van der Waals surface area contributed by atoms with Gasteiger partial charge in [0.05, 0.1) is 12.6 Å². The number of hydrogen-bond acceptors (Lipinski definition) is 1. The molecule has 2 heteroatoms. The van der Waals surface area contributed by atoms with Crippen LogP contribution < -0.4 is 5.32 Å². The zero-order valence-corrected chi connectivity index (χ0v) is 7.83. The van der Waals surface area contributed by atoms with Gasteiger partial charge in [-0.2, -0.15) is 0 Å². The van der Waals surface area contributed by atoms with Gasteiger partial charge < -0.3 is 0 Å². The molecule has 0 spiro atoms. The van der Waals surface area contributed by atoms with Gasteiger partial charge in [0, 0.05) is 6.42 Å². The van der Waals surface area contributed by atoms with Crippen molar-refractivity contribution in [2.24, 2.45) is 0 Å². The summed E-state index contributed by atoms with van der Waals surface area (Å²) in [7, 11) is 0. The zero-order chi connectivity index (χ0) is 9.97. The summed E-state index contributed by atoms with van der Waals surface area (Å²) in [5.41, 5.74) is 2.14. The van der Waals surface area contributed by atoms with Gasteiger partial charge in [-0.15, -0.1) is 6.42 Å². The van der Waals surface area contributed by atoms with Crippen LogP contribution in [0.25, 0.3) is 0 Å². The van der Waals surface area contributed by atoms with Gasteiger partial charge in [0.2, 0.25) is 0 Å². The highest BCUT2D eigenvalue weighted by molar-refractivity contribution is 5.36. The molecule has 0 radical (unpaired) electrons. The molecule has 0 fully saturated rings. The Bertz CT molecular complexity index is 367. The molecule has 1 aromatic carbocycles. The summed E-state index contributed by atoms with van der Waals surface area (Å²) in [5, 5.41) is 3.03. The minimum Gasteiger partial charge on any atom is -0.297 e. The smallest absolute Gasteiger partial charge is 0.124 e. The van der Waals surface area contributed by atoms with Crippen LogP contribution >= 0.6 is 0 Å². The predicted octanol–water partition coefficient (Wildman–Crippen LogP) is 1.84. The van der Waals surface area contributed by atoms with Crippen LogP contribution in [-0.2, 0) is 6.42 Å². The van der Waals surface area contributed by atoms with E-state index in [0.717, 1.165) is 11.1 Å². The molecular formula is C12H12FN. The Kier molecular flexibility index (Phi) is 2.51. The van der Waals surface area contributed by atoms with Crippen LogP contribution in [0.4, 0.5) is 4.39 Å². The molecule has 2 atom stereocenters. The van der Waals surface area contributed by atoms with Crippen molar-refractivity contribution < 1.29 is 4.39 Å². The summed E-state index contributed by atoms with van der Waals surface area (Å²) in [4.78, 5) is 0. The van der Waals surface area contributed by atoms with Gasteiger partial charge in [-0.1, -0.05) is 30.2 Å². The first kappa shape index (κ1) is 9.23. The molecule has 1 N–H and O–H groups in total. The molecule has 0 aromatic heterocycles. The lowest BCUT2D eigenvalue weighted by atomic mass is 10.1. The van der Waals surface area contributed by atoms with E-state index < -0.39 is 6.17 Å². The number of terminal acetylenes is 1. The minimum atomic E-state index is -0.847. The number of fused-ring (bicyclic) bond motifs is 1. The molecular weight excluding hydrogens is 176 g/mol. The van der Waals surface area contributed by atoms with Gasteiger partial charge in [-0.25, -0.2) is 4.39 Å². The highest BCUT2D eigenvalue weighted by Crippen LogP contribution is 2.32. The van der Waals surface area contributed by atoms with E-state index >= 15 is 0 Å². The van der Waals surface area contributed by atoms with Crippen molar-refractivity contribution in [1.82, 2.24) is 5.32 Å². The minimum absolute atomic E-state index is 0.220. The third-order valence-electron chi connectivity index (χ3n) is 2.59. The molecule has 1 aliphatic carbocycles. The first-order valence-corrected chi connectivity index (χ1v) is 4.71. The molecule has 14 heavy (non-hydrogen) atoms. The molecule has 0 unspecified atom stereocenters. The molecule has 1 aliphatic rings. The Labute approximate surface area is 83.3 Å². The summed E-state index contributed by atoms with van der Waals surface area (Å²) in [5.74, 6) is 2.47. The predicted molar refractivity (Wildman–Crippen MR) is 54.6 cm³/mol. The molecule has 0 heterocycles.